The van der Waals surface area contributed by atoms with Gasteiger partial charge in [-0.2, -0.15) is 0 Å². The van der Waals surface area contributed by atoms with E-state index >= 15 is 0 Å². The van der Waals surface area contributed by atoms with E-state index in [1.54, 1.807) is 6.07 Å². The number of fused-ring (bicyclic) bond motifs is 1. The van der Waals surface area contributed by atoms with E-state index in [1.165, 1.54) is 12.4 Å². The minimum atomic E-state index is -0.489. The average Bonchev–Trinajstić information content (AvgIpc) is 2.44. The summed E-state index contributed by atoms with van der Waals surface area (Å²) in [5.74, 6) is 0. The Bertz CT molecular complexity index is 692. The molecule has 1 aromatic heterocycles. The number of aromatic nitrogens is 2. The monoisotopic (exact) mass is 276 g/mol. The maximum absolute atomic E-state index is 11.7. The van der Waals surface area contributed by atoms with Gasteiger partial charge in [0.15, 0.2) is 0 Å². The molecule has 0 unspecified atom stereocenters. The normalized spacial score (nSPS) is 10.9. The second-order valence-corrected chi connectivity index (χ2v) is 4.53. The standard InChI is InChI=1S/C13H16N4O3/c1-3-8(4-2)16-11-6-10-9(5-12(11)17(19)20)13(18)15-7-14-10/h5-8,16H,3-4H2,1-2H3,(H,14,15,18). The van der Waals surface area contributed by atoms with Crippen molar-refractivity contribution in [3.8, 4) is 0 Å². The fourth-order valence-corrected chi connectivity index (χ4v) is 2.08. The first-order valence-corrected chi connectivity index (χ1v) is 6.49. The van der Waals surface area contributed by atoms with Crippen LogP contribution in [0.5, 0.6) is 0 Å². The van der Waals surface area contributed by atoms with Crippen molar-refractivity contribution in [1.82, 2.24) is 9.97 Å². The lowest BCUT2D eigenvalue weighted by Gasteiger charge is -2.16. The van der Waals surface area contributed by atoms with Crippen LogP contribution in [0, 0.1) is 10.1 Å². The zero-order valence-corrected chi connectivity index (χ0v) is 11.3. The zero-order chi connectivity index (χ0) is 14.7. The van der Waals surface area contributed by atoms with E-state index in [4.69, 9.17) is 0 Å². The van der Waals surface area contributed by atoms with Crippen LogP contribution in [0.1, 0.15) is 26.7 Å². The molecule has 0 aliphatic rings. The van der Waals surface area contributed by atoms with E-state index in [-0.39, 0.29) is 22.7 Å². The van der Waals surface area contributed by atoms with Crippen LogP contribution >= 0.6 is 0 Å². The Morgan fingerprint density at radius 1 is 1.40 bits per heavy atom. The summed E-state index contributed by atoms with van der Waals surface area (Å²) in [5, 5.41) is 14.5. The van der Waals surface area contributed by atoms with E-state index in [0.29, 0.717) is 11.2 Å². The van der Waals surface area contributed by atoms with Gasteiger partial charge in [-0.15, -0.1) is 0 Å². The van der Waals surface area contributed by atoms with Crippen LogP contribution in [0.25, 0.3) is 10.9 Å². The first-order valence-electron chi connectivity index (χ1n) is 6.49. The fraction of sp³-hybridized carbons (Fsp3) is 0.385. The van der Waals surface area contributed by atoms with E-state index in [1.807, 2.05) is 13.8 Å². The summed E-state index contributed by atoms with van der Waals surface area (Å²) in [6.07, 6.45) is 3.00. The van der Waals surface area contributed by atoms with Crippen LogP contribution in [0.4, 0.5) is 11.4 Å². The number of benzene rings is 1. The van der Waals surface area contributed by atoms with E-state index < -0.39 is 4.92 Å². The van der Waals surface area contributed by atoms with Crippen LogP contribution < -0.4 is 10.9 Å². The summed E-state index contributed by atoms with van der Waals surface area (Å²) in [7, 11) is 0. The van der Waals surface area contributed by atoms with Crippen molar-refractivity contribution in [3.63, 3.8) is 0 Å². The number of hydrogen-bond donors (Lipinski definition) is 2. The Balaban J connectivity index is 2.60. The van der Waals surface area contributed by atoms with Gasteiger partial charge in [-0.25, -0.2) is 4.98 Å². The molecule has 0 radical (unpaired) electrons. The number of nitrogens with zero attached hydrogens (tertiary/aromatic N) is 2. The van der Waals surface area contributed by atoms with Gasteiger partial charge >= 0.3 is 0 Å². The molecule has 0 amide bonds. The van der Waals surface area contributed by atoms with Gasteiger partial charge in [0.25, 0.3) is 11.2 Å². The fourth-order valence-electron chi connectivity index (χ4n) is 2.08. The highest BCUT2D eigenvalue weighted by Crippen LogP contribution is 2.29. The Morgan fingerprint density at radius 2 is 2.10 bits per heavy atom. The summed E-state index contributed by atoms with van der Waals surface area (Å²) in [6, 6.07) is 2.97. The molecule has 0 spiro atoms. The summed E-state index contributed by atoms with van der Waals surface area (Å²) >= 11 is 0. The lowest BCUT2D eigenvalue weighted by atomic mass is 10.1. The first kappa shape index (κ1) is 14.0. The van der Waals surface area contributed by atoms with Crippen molar-refractivity contribution < 1.29 is 4.92 Å². The lowest BCUT2D eigenvalue weighted by molar-refractivity contribution is -0.383. The van der Waals surface area contributed by atoms with Gasteiger partial charge in [-0.05, 0) is 18.9 Å². The molecule has 2 N–H and O–H groups in total. The van der Waals surface area contributed by atoms with Crippen molar-refractivity contribution in [2.75, 3.05) is 5.32 Å². The van der Waals surface area contributed by atoms with E-state index in [0.717, 1.165) is 12.8 Å². The second-order valence-electron chi connectivity index (χ2n) is 4.53. The third-order valence-electron chi connectivity index (χ3n) is 3.30. The molecule has 1 heterocycles. The third-order valence-corrected chi connectivity index (χ3v) is 3.30. The number of nitro benzene ring substituents is 1. The maximum atomic E-state index is 11.7. The summed E-state index contributed by atoms with van der Waals surface area (Å²) < 4.78 is 0. The summed E-state index contributed by atoms with van der Waals surface area (Å²) in [5.41, 5.74) is 0.345. The molecule has 1 aromatic carbocycles. The van der Waals surface area contributed by atoms with Crippen LogP contribution in [0.2, 0.25) is 0 Å². The summed E-state index contributed by atoms with van der Waals surface area (Å²) in [4.78, 5) is 28.8. The molecule has 0 bridgehead atoms. The van der Waals surface area contributed by atoms with E-state index in [2.05, 4.69) is 15.3 Å². The van der Waals surface area contributed by atoms with E-state index in [9.17, 15) is 14.9 Å². The van der Waals surface area contributed by atoms with Crippen molar-refractivity contribution in [2.45, 2.75) is 32.7 Å². The number of aromatic amines is 1. The van der Waals surface area contributed by atoms with Gasteiger partial charge in [0.05, 0.1) is 22.2 Å². The molecular formula is C13H16N4O3. The van der Waals surface area contributed by atoms with Crippen LogP contribution in [0.15, 0.2) is 23.3 Å². The van der Waals surface area contributed by atoms with Gasteiger partial charge in [0, 0.05) is 12.1 Å². The Labute approximate surface area is 115 Å². The van der Waals surface area contributed by atoms with Crippen molar-refractivity contribution >= 4 is 22.3 Å². The highest BCUT2D eigenvalue weighted by molar-refractivity contribution is 5.86. The Kier molecular flexibility index (Phi) is 3.97. The van der Waals surface area contributed by atoms with Crippen molar-refractivity contribution in [1.29, 1.82) is 0 Å². The smallest absolute Gasteiger partial charge is 0.293 e. The van der Waals surface area contributed by atoms with Crippen LogP contribution in [0.3, 0.4) is 0 Å². The molecular weight excluding hydrogens is 260 g/mol. The predicted octanol–water partition coefficient (Wildman–Crippen LogP) is 2.43. The van der Waals surface area contributed by atoms with Crippen molar-refractivity contribution in [3.05, 3.63) is 38.9 Å². The molecule has 0 aliphatic heterocycles. The molecule has 0 fully saturated rings. The molecule has 2 aromatic rings. The number of nitrogens with one attached hydrogen (secondary N) is 2. The van der Waals surface area contributed by atoms with Gasteiger partial charge in [0.1, 0.15) is 5.69 Å². The highest BCUT2D eigenvalue weighted by Gasteiger charge is 2.18. The number of anilines is 1. The highest BCUT2D eigenvalue weighted by atomic mass is 16.6. The van der Waals surface area contributed by atoms with Gasteiger partial charge in [-0.1, -0.05) is 13.8 Å². The number of nitro groups is 1. The molecule has 0 atom stereocenters. The lowest BCUT2D eigenvalue weighted by Crippen LogP contribution is -2.18. The average molecular weight is 276 g/mol. The molecule has 7 nitrogen and oxygen atoms in total. The zero-order valence-electron chi connectivity index (χ0n) is 11.3. The van der Waals surface area contributed by atoms with Gasteiger partial charge < -0.3 is 10.3 Å². The first-order chi connectivity index (χ1) is 9.56. The van der Waals surface area contributed by atoms with Crippen molar-refractivity contribution in [2.24, 2.45) is 0 Å². The number of hydrogen-bond acceptors (Lipinski definition) is 5. The molecule has 7 heteroatoms. The summed E-state index contributed by atoms with van der Waals surface area (Å²) in [6.45, 7) is 4.02. The molecule has 20 heavy (non-hydrogen) atoms. The largest absolute Gasteiger partial charge is 0.377 e. The number of rotatable bonds is 5. The minimum Gasteiger partial charge on any atom is -0.377 e. The molecule has 106 valence electrons. The van der Waals surface area contributed by atoms with Gasteiger partial charge in [-0.3, -0.25) is 14.9 Å². The Hall–Kier alpha value is -2.44. The molecule has 0 saturated heterocycles. The van der Waals surface area contributed by atoms with Crippen LogP contribution in [-0.4, -0.2) is 20.9 Å². The second kappa shape index (κ2) is 5.68. The van der Waals surface area contributed by atoms with Crippen LogP contribution in [-0.2, 0) is 0 Å². The molecule has 2 rings (SSSR count). The topological polar surface area (TPSA) is 101 Å². The molecule has 0 saturated carbocycles. The maximum Gasteiger partial charge on any atom is 0.293 e. The quantitative estimate of drug-likeness (QED) is 0.645. The third kappa shape index (κ3) is 2.61. The molecule has 0 aliphatic carbocycles. The predicted molar refractivity (Wildman–Crippen MR) is 77.0 cm³/mol. The minimum absolute atomic E-state index is 0.108. The Morgan fingerprint density at radius 3 is 2.70 bits per heavy atom. The number of H-pyrrole nitrogens is 1. The van der Waals surface area contributed by atoms with Gasteiger partial charge in [0.2, 0.25) is 0 Å². The SMILES string of the molecule is CCC(CC)Nc1cc2nc[nH]c(=O)c2cc1[N+](=O)[O-].